The van der Waals surface area contributed by atoms with Crippen LogP contribution < -0.4 is 5.32 Å². The predicted molar refractivity (Wildman–Crippen MR) is 71.0 cm³/mol. The van der Waals surface area contributed by atoms with Gasteiger partial charge >= 0.3 is 0 Å². The van der Waals surface area contributed by atoms with Gasteiger partial charge in [0.05, 0.1) is 11.9 Å². The van der Waals surface area contributed by atoms with Crippen LogP contribution in [0, 0.1) is 0 Å². The van der Waals surface area contributed by atoms with E-state index < -0.39 is 6.10 Å². The number of hydrogen-bond acceptors (Lipinski definition) is 3. The molecular weight excluding hydrogens is 234 g/mol. The highest BCUT2D eigenvalue weighted by Gasteiger charge is 2.03. The Bertz CT molecular complexity index is 374. The summed E-state index contributed by atoms with van der Waals surface area (Å²) in [6, 6.07) is 7.56. The molecule has 1 atom stereocenters. The fraction of sp³-hybridized carbons (Fsp3) is 0.308. The Kier molecular flexibility index (Phi) is 5.80. The van der Waals surface area contributed by atoms with E-state index in [0.29, 0.717) is 12.3 Å². The molecular formula is C13H17NO2S. The molecule has 0 aromatic heterocycles. The fourth-order valence-corrected chi connectivity index (χ4v) is 1.96. The molecule has 0 aliphatic carbocycles. The zero-order valence-corrected chi connectivity index (χ0v) is 10.7. The molecule has 0 aliphatic rings. The number of thioether (sulfide) groups is 1. The molecule has 0 fully saturated rings. The molecule has 1 rings (SSSR count). The zero-order valence-electron chi connectivity index (χ0n) is 9.85. The second kappa shape index (κ2) is 7.14. The molecule has 1 unspecified atom stereocenters. The lowest BCUT2D eigenvalue weighted by molar-refractivity contribution is -0.118. The summed E-state index contributed by atoms with van der Waals surface area (Å²) in [6.45, 7) is 5.76. The minimum absolute atomic E-state index is 0.00509. The van der Waals surface area contributed by atoms with Gasteiger partial charge in [0.2, 0.25) is 5.91 Å². The van der Waals surface area contributed by atoms with Crippen LogP contribution in [-0.2, 0) is 4.79 Å². The van der Waals surface area contributed by atoms with E-state index in [1.54, 1.807) is 13.0 Å². The summed E-state index contributed by atoms with van der Waals surface area (Å²) >= 11 is 1.47. The molecule has 0 radical (unpaired) electrons. The van der Waals surface area contributed by atoms with E-state index in [9.17, 15) is 9.90 Å². The maximum atomic E-state index is 11.3. The second-order valence-electron chi connectivity index (χ2n) is 3.63. The van der Waals surface area contributed by atoms with Crippen LogP contribution >= 0.6 is 11.8 Å². The van der Waals surface area contributed by atoms with Crippen LogP contribution in [-0.4, -0.2) is 23.3 Å². The molecule has 92 valence electrons. The molecule has 0 aliphatic heterocycles. The van der Waals surface area contributed by atoms with Crippen molar-refractivity contribution < 1.29 is 9.90 Å². The topological polar surface area (TPSA) is 49.3 Å². The number of carbonyl (C=O) groups is 1. The van der Waals surface area contributed by atoms with Crippen molar-refractivity contribution in [3.63, 3.8) is 0 Å². The van der Waals surface area contributed by atoms with Crippen LogP contribution in [0.4, 0.5) is 0 Å². The molecule has 1 aromatic carbocycles. The van der Waals surface area contributed by atoms with Crippen molar-refractivity contribution >= 4 is 17.7 Å². The maximum absolute atomic E-state index is 11.3. The minimum atomic E-state index is -0.454. The third kappa shape index (κ3) is 5.06. The van der Waals surface area contributed by atoms with Crippen LogP contribution in [0.3, 0.4) is 0 Å². The van der Waals surface area contributed by atoms with Gasteiger partial charge in [0, 0.05) is 11.4 Å². The zero-order chi connectivity index (χ0) is 12.7. The van der Waals surface area contributed by atoms with Gasteiger partial charge in [-0.25, -0.2) is 0 Å². The quantitative estimate of drug-likeness (QED) is 0.601. The van der Waals surface area contributed by atoms with E-state index in [-0.39, 0.29) is 5.91 Å². The van der Waals surface area contributed by atoms with Crippen LogP contribution in [0.5, 0.6) is 0 Å². The maximum Gasteiger partial charge on any atom is 0.230 e. The average Bonchev–Trinajstić information content (AvgIpc) is 2.34. The third-order valence-corrected chi connectivity index (χ3v) is 3.19. The second-order valence-corrected chi connectivity index (χ2v) is 4.68. The van der Waals surface area contributed by atoms with Gasteiger partial charge in [0.25, 0.3) is 0 Å². The third-order valence-electron chi connectivity index (χ3n) is 2.18. The van der Waals surface area contributed by atoms with E-state index in [2.05, 4.69) is 11.9 Å². The Labute approximate surface area is 106 Å². The van der Waals surface area contributed by atoms with Crippen molar-refractivity contribution in [3.05, 3.63) is 42.5 Å². The Morgan fingerprint density at radius 2 is 2.18 bits per heavy atom. The molecule has 0 saturated carbocycles. The van der Waals surface area contributed by atoms with E-state index >= 15 is 0 Å². The lowest BCUT2D eigenvalue weighted by Crippen LogP contribution is -2.24. The molecule has 2 N–H and O–H groups in total. The first kappa shape index (κ1) is 13.8. The number of carbonyl (C=O) groups excluding carboxylic acids is 1. The summed E-state index contributed by atoms with van der Waals surface area (Å²) < 4.78 is 0. The highest BCUT2D eigenvalue weighted by Crippen LogP contribution is 2.20. The number of benzene rings is 1. The Morgan fingerprint density at radius 3 is 2.71 bits per heavy atom. The lowest BCUT2D eigenvalue weighted by atomic mass is 10.1. The van der Waals surface area contributed by atoms with Gasteiger partial charge in [-0.05, 0) is 24.6 Å². The molecule has 0 saturated heterocycles. The Morgan fingerprint density at radius 1 is 1.53 bits per heavy atom. The van der Waals surface area contributed by atoms with Gasteiger partial charge < -0.3 is 10.4 Å². The fourth-order valence-electron chi connectivity index (χ4n) is 1.23. The average molecular weight is 251 g/mol. The van der Waals surface area contributed by atoms with Crippen molar-refractivity contribution in [2.45, 2.75) is 17.9 Å². The standard InChI is InChI=1S/C13H17NO2S/c1-3-8-14-13(16)9-17-12-6-4-11(5-7-12)10(2)15/h3-7,10,15H,1,8-9H2,2H3,(H,14,16). The van der Waals surface area contributed by atoms with Gasteiger partial charge in [-0.2, -0.15) is 0 Å². The first-order valence-corrected chi connectivity index (χ1v) is 6.40. The van der Waals surface area contributed by atoms with Crippen molar-refractivity contribution in [2.24, 2.45) is 0 Å². The van der Waals surface area contributed by atoms with Crippen LogP contribution in [0.15, 0.2) is 41.8 Å². The smallest absolute Gasteiger partial charge is 0.230 e. The summed E-state index contributed by atoms with van der Waals surface area (Å²) in [6.07, 6.45) is 1.20. The summed E-state index contributed by atoms with van der Waals surface area (Å²) in [5, 5.41) is 12.1. The van der Waals surface area contributed by atoms with Gasteiger partial charge in [-0.15, -0.1) is 18.3 Å². The monoisotopic (exact) mass is 251 g/mol. The number of nitrogens with one attached hydrogen (secondary N) is 1. The van der Waals surface area contributed by atoms with E-state index in [1.165, 1.54) is 11.8 Å². The van der Waals surface area contributed by atoms with Gasteiger partial charge in [0.15, 0.2) is 0 Å². The van der Waals surface area contributed by atoms with Gasteiger partial charge in [-0.1, -0.05) is 18.2 Å². The molecule has 0 heterocycles. The van der Waals surface area contributed by atoms with E-state index in [0.717, 1.165) is 10.5 Å². The number of aliphatic hydroxyl groups is 1. The summed E-state index contributed by atoms with van der Waals surface area (Å²) in [4.78, 5) is 12.3. The van der Waals surface area contributed by atoms with Crippen molar-refractivity contribution in [1.82, 2.24) is 5.32 Å². The van der Waals surface area contributed by atoms with Crippen LogP contribution in [0.1, 0.15) is 18.6 Å². The summed E-state index contributed by atoms with van der Waals surface area (Å²) in [5.41, 5.74) is 0.880. The Hall–Kier alpha value is -1.26. The minimum Gasteiger partial charge on any atom is -0.389 e. The van der Waals surface area contributed by atoms with Crippen LogP contribution in [0.2, 0.25) is 0 Å². The van der Waals surface area contributed by atoms with Gasteiger partial charge in [0.1, 0.15) is 0 Å². The first-order valence-electron chi connectivity index (χ1n) is 5.42. The predicted octanol–water partition coefficient (Wildman–Crippen LogP) is 2.13. The highest BCUT2D eigenvalue weighted by atomic mass is 32.2. The van der Waals surface area contributed by atoms with Crippen molar-refractivity contribution in [3.8, 4) is 0 Å². The molecule has 1 amide bonds. The molecule has 4 heteroatoms. The molecule has 17 heavy (non-hydrogen) atoms. The largest absolute Gasteiger partial charge is 0.389 e. The summed E-state index contributed by atoms with van der Waals surface area (Å²) in [5.74, 6) is 0.386. The molecule has 0 spiro atoms. The normalized spacial score (nSPS) is 11.9. The highest BCUT2D eigenvalue weighted by molar-refractivity contribution is 8.00. The Balaban J connectivity index is 2.41. The number of hydrogen-bond donors (Lipinski definition) is 2. The molecule has 3 nitrogen and oxygen atoms in total. The van der Waals surface area contributed by atoms with E-state index in [1.807, 2.05) is 24.3 Å². The molecule has 0 bridgehead atoms. The van der Waals surface area contributed by atoms with Gasteiger partial charge in [-0.3, -0.25) is 4.79 Å². The number of aliphatic hydroxyl groups excluding tert-OH is 1. The summed E-state index contributed by atoms with van der Waals surface area (Å²) in [7, 11) is 0. The lowest BCUT2D eigenvalue weighted by Gasteiger charge is -2.06. The first-order chi connectivity index (χ1) is 8.13. The van der Waals surface area contributed by atoms with Crippen molar-refractivity contribution in [1.29, 1.82) is 0 Å². The molecule has 1 aromatic rings. The van der Waals surface area contributed by atoms with E-state index in [4.69, 9.17) is 0 Å². The van der Waals surface area contributed by atoms with Crippen LogP contribution in [0.25, 0.3) is 0 Å². The number of rotatable bonds is 6. The SMILES string of the molecule is C=CCNC(=O)CSc1ccc(C(C)O)cc1. The van der Waals surface area contributed by atoms with Crippen molar-refractivity contribution in [2.75, 3.05) is 12.3 Å². The number of amides is 1.